The molecule has 0 aliphatic carbocycles. The zero-order valence-corrected chi connectivity index (χ0v) is 13.4. The van der Waals surface area contributed by atoms with Gasteiger partial charge in [0, 0.05) is 18.7 Å². The van der Waals surface area contributed by atoms with Gasteiger partial charge in [0.1, 0.15) is 6.04 Å². The Morgan fingerprint density at radius 1 is 1.20 bits per heavy atom. The zero-order valence-electron chi connectivity index (χ0n) is 13.4. The maximum Gasteiger partial charge on any atom is 0.269 e. The highest BCUT2D eigenvalue weighted by atomic mass is 16.6. The van der Waals surface area contributed by atoms with Gasteiger partial charge in [-0.15, -0.1) is 0 Å². The SMILES string of the molecule is NC(=O)[C@H]1c2ccccc2CCN1C(=O)Cc1cccc([N+](=O)[O-])c1. The first-order valence-corrected chi connectivity index (χ1v) is 7.87. The van der Waals surface area contributed by atoms with E-state index < -0.39 is 16.9 Å². The lowest BCUT2D eigenvalue weighted by Crippen LogP contribution is -2.46. The van der Waals surface area contributed by atoms with E-state index in [0.29, 0.717) is 18.5 Å². The second-order valence-corrected chi connectivity index (χ2v) is 5.94. The van der Waals surface area contributed by atoms with Crippen molar-refractivity contribution >= 4 is 17.5 Å². The smallest absolute Gasteiger partial charge is 0.269 e. The molecular weight excluding hydrogens is 322 g/mol. The normalized spacial score (nSPS) is 16.2. The van der Waals surface area contributed by atoms with Gasteiger partial charge in [-0.05, 0) is 23.1 Å². The predicted molar refractivity (Wildman–Crippen MR) is 90.6 cm³/mol. The van der Waals surface area contributed by atoms with Gasteiger partial charge in [-0.25, -0.2) is 0 Å². The van der Waals surface area contributed by atoms with Crippen molar-refractivity contribution in [1.29, 1.82) is 0 Å². The minimum absolute atomic E-state index is 0.0202. The number of fused-ring (bicyclic) bond motifs is 1. The molecule has 0 saturated carbocycles. The summed E-state index contributed by atoms with van der Waals surface area (Å²) in [4.78, 5) is 36.5. The van der Waals surface area contributed by atoms with Crippen molar-refractivity contribution in [2.24, 2.45) is 5.73 Å². The van der Waals surface area contributed by atoms with Crippen LogP contribution in [0.25, 0.3) is 0 Å². The number of carbonyl (C=O) groups is 2. The van der Waals surface area contributed by atoms with E-state index in [0.717, 1.165) is 11.1 Å². The Morgan fingerprint density at radius 2 is 1.96 bits per heavy atom. The lowest BCUT2D eigenvalue weighted by molar-refractivity contribution is -0.384. The standard InChI is InChI=1S/C18H17N3O4/c19-18(23)17-15-7-2-1-5-13(15)8-9-20(17)16(22)11-12-4-3-6-14(10-12)21(24)25/h1-7,10,17H,8-9,11H2,(H2,19,23)/t17-/m1/s1. The van der Waals surface area contributed by atoms with E-state index in [1.807, 2.05) is 18.2 Å². The molecule has 2 N–H and O–H groups in total. The molecule has 25 heavy (non-hydrogen) atoms. The van der Waals surface area contributed by atoms with Crippen LogP contribution >= 0.6 is 0 Å². The molecule has 0 aromatic heterocycles. The number of primary amides is 1. The van der Waals surface area contributed by atoms with Gasteiger partial charge in [0.15, 0.2) is 0 Å². The fraction of sp³-hybridized carbons (Fsp3) is 0.222. The molecule has 3 rings (SSSR count). The topological polar surface area (TPSA) is 107 Å². The molecule has 2 aromatic carbocycles. The van der Waals surface area contributed by atoms with Gasteiger partial charge in [-0.1, -0.05) is 36.4 Å². The Kier molecular flexibility index (Phi) is 4.47. The van der Waals surface area contributed by atoms with Crippen molar-refractivity contribution in [2.75, 3.05) is 6.54 Å². The monoisotopic (exact) mass is 339 g/mol. The number of hydrogen-bond acceptors (Lipinski definition) is 4. The van der Waals surface area contributed by atoms with Crippen LogP contribution in [0, 0.1) is 10.1 Å². The van der Waals surface area contributed by atoms with Crippen LogP contribution in [0.5, 0.6) is 0 Å². The van der Waals surface area contributed by atoms with E-state index in [-0.39, 0.29) is 18.0 Å². The summed E-state index contributed by atoms with van der Waals surface area (Å²) < 4.78 is 0. The second-order valence-electron chi connectivity index (χ2n) is 5.94. The van der Waals surface area contributed by atoms with Crippen LogP contribution in [-0.4, -0.2) is 28.2 Å². The Balaban J connectivity index is 1.85. The van der Waals surface area contributed by atoms with Gasteiger partial charge in [0.25, 0.3) is 5.69 Å². The van der Waals surface area contributed by atoms with Crippen LogP contribution in [-0.2, 0) is 22.4 Å². The van der Waals surface area contributed by atoms with Gasteiger partial charge >= 0.3 is 0 Å². The Hall–Kier alpha value is -3.22. The van der Waals surface area contributed by atoms with Crippen molar-refractivity contribution in [3.8, 4) is 0 Å². The largest absolute Gasteiger partial charge is 0.368 e. The first-order valence-electron chi connectivity index (χ1n) is 7.87. The number of carbonyl (C=O) groups excluding carboxylic acids is 2. The number of nitrogens with two attached hydrogens (primary N) is 1. The molecule has 7 heteroatoms. The highest BCUT2D eigenvalue weighted by Gasteiger charge is 2.34. The van der Waals surface area contributed by atoms with Gasteiger partial charge in [-0.2, -0.15) is 0 Å². The van der Waals surface area contributed by atoms with Crippen molar-refractivity contribution < 1.29 is 14.5 Å². The van der Waals surface area contributed by atoms with Crippen molar-refractivity contribution in [3.05, 3.63) is 75.3 Å². The average Bonchev–Trinajstić information content (AvgIpc) is 2.60. The molecule has 7 nitrogen and oxygen atoms in total. The summed E-state index contributed by atoms with van der Waals surface area (Å²) in [5.41, 5.74) is 7.75. The number of non-ortho nitro benzene ring substituents is 1. The van der Waals surface area contributed by atoms with E-state index in [4.69, 9.17) is 5.73 Å². The summed E-state index contributed by atoms with van der Waals surface area (Å²) in [6, 6.07) is 12.6. The summed E-state index contributed by atoms with van der Waals surface area (Å²) in [6.45, 7) is 0.387. The highest BCUT2D eigenvalue weighted by Crippen LogP contribution is 2.30. The summed E-state index contributed by atoms with van der Waals surface area (Å²) in [6.07, 6.45) is 0.619. The Bertz CT molecular complexity index is 850. The van der Waals surface area contributed by atoms with Gasteiger partial charge in [0.05, 0.1) is 11.3 Å². The summed E-state index contributed by atoms with van der Waals surface area (Å²) in [5, 5.41) is 10.9. The molecule has 0 unspecified atom stereocenters. The van der Waals surface area contributed by atoms with Crippen LogP contribution in [0.1, 0.15) is 22.7 Å². The third kappa shape index (κ3) is 3.35. The molecule has 0 saturated heterocycles. The lowest BCUT2D eigenvalue weighted by atomic mass is 9.91. The number of nitro groups is 1. The molecular formula is C18H17N3O4. The maximum atomic E-state index is 12.7. The van der Waals surface area contributed by atoms with Gasteiger partial charge in [0.2, 0.25) is 11.8 Å². The Morgan fingerprint density at radius 3 is 2.68 bits per heavy atom. The van der Waals surface area contributed by atoms with E-state index in [1.165, 1.54) is 23.1 Å². The van der Waals surface area contributed by atoms with Crippen molar-refractivity contribution in [3.63, 3.8) is 0 Å². The van der Waals surface area contributed by atoms with Crippen LogP contribution in [0.15, 0.2) is 48.5 Å². The summed E-state index contributed by atoms with van der Waals surface area (Å²) in [5.74, 6) is -0.863. The quantitative estimate of drug-likeness (QED) is 0.676. The molecule has 1 aliphatic heterocycles. The molecule has 1 heterocycles. The first-order chi connectivity index (χ1) is 12.0. The summed E-state index contributed by atoms with van der Waals surface area (Å²) >= 11 is 0. The number of nitro benzene ring substituents is 1. The summed E-state index contributed by atoms with van der Waals surface area (Å²) in [7, 11) is 0. The number of benzene rings is 2. The fourth-order valence-corrected chi connectivity index (χ4v) is 3.20. The third-order valence-electron chi connectivity index (χ3n) is 4.35. The predicted octanol–water partition coefficient (Wildman–Crippen LogP) is 1.75. The number of amides is 2. The first kappa shape index (κ1) is 16.6. The minimum atomic E-state index is -0.809. The van der Waals surface area contributed by atoms with E-state index in [2.05, 4.69) is 0 Å². The van der Waals surface area contributed by atoms with Crippen molar-refractivity contribution in [2.45, 2.75) is 18.9 Å². The molecule has 1 atom stereocenters. The Labute approximate surface area is 144 Å². The molecule has 0 bridgehead atoms. The molecule has 0 fully saturated rings. The maximum absolute atomic E-state index is 12.7. The fourth-order valence-electron chi connectivity index (χ4n) is 3.20. The third-order valence-corrected chi connectivity index (χ3v) is 4.35. The number of hydrogen-bond donors (Lipinski definition) is 1. The molecule has 2 amide bonds. The van der Waals surface area contributed by atoms with E-state index in [1.54, 1.807) is 12.1 Å². The van der Waals surface area contributed by atoms with Gasteiger partial charge in [-0.3, -0.25) is 19.7 Å². The second kappa shape index (κ2) is 6.72. The van der Waals surface area contributed by atoms with E-state index in [9.17, 15) is 19.7 Å². The highest BCUT2D eigenvalue weighted by molar-refractivity contribution is 5.89. The van der Waals surface area contributed by atoms with Crippen LogP contribution in [0.3, 0.4) is 0 Å². The lowest BCUT2D eigenvalue weighted by Gasteiger charge is -2.35. The average molecular weight is 339 g/mol. The zero-order chi connectivity index (χ0) is 18.0. The minimum Gasteiger partial charge on any atom is -0.368 e. The number of nitrogens with zero attached hydrogens (tertiary/aromatic N) is 2. The van der Waals surface area contributed by atoms with Crippen molar-refractivity contribution in [1.82, 2.24) is 4.90 Å². The molecule has 0 radical (unpaired) electrons. The number of rotatable bonds is 4. The molecule has 128 valence electrons. The van der Waals surface area contributed by atoms with Gasteiger partial charge < -0.3 is 10.6 Å². The van der Waals surface area contributed by atoms with E-state index >= 15 is 0 Å². The van der Waals surface area contributed by atoms with Crippen LogP contribution in [0.2, 0.25) is 0 Å². The molecule has 0 spiro atoms. The molecule has 1 aliphatic rings. The van der Waals surface area contributed by atoms with Crippen LogP contribution < -0.4 is 5.73 Å². The van der Waals surface area contributed by atoms with Crippen LogP contribution in [0.4, 0.5) is 5.69 Å². The molecule has 2 aromatic rings.